The van der Waals surface area contributed by atoms with Crippen LogP contribution in [-0.2, 0) is 4.74 Å². The van der Waals surface area contributed by atoms with Gasteiger partial charge in [0.1, 0.15) is 5.76 Å². The summed E-state index contributed by atoms with van der Waals surface area (Å²) in [4.78, 5) is 36.8. The summed E-state index contributed by atoms with van der Waals surface area (Å²) in [6.45, 7) is 1.71. The molecule has 3 rings (SSSR count). The molecule has 0 atom stereocenters. The summed E-state index contributed by atoms with van der Waals surface area (Å²) in [6, 6.07) is 14.2. The predicted octanol–water partition coefficient (Wildman–Crippen LogP) is 3.27. The lowest BCUT2D eigenvalue weighted by molar-refractivity contribution is 0.0601. The number of para-hydroxylation sites is 1. The van der Waals surface area contributed by atoms with Crippen molar-refractivity contribution in [1.82, 2.24) is 5.16 Å². The van der Waals surface area contributed by atoms with Crippen molar-refractivity contribution < 1.29 is 23.6 Å². The summed E-state index contributed by atoms with van der Waals surface area (Å²) in [5.41, 5.74) is 1.07. The van der Waals surface area contributed by atoms with Crippen LogP contribution in [0, 0.1) is 6.92 Å². The summed E-state index contributed by atoms with van der Waals surface area (Å²) >= 11 is 0. The molecule has 0 spiro atoms. The molecule has 8 heteroatoms. The van der Waals surface area contributed by atoms with Crippen LogP contribution in [-0.4, -0.2) is 30.1 Å². The zero-order valence-corrected chi connectivity index (χ0v) is 15.2. The van der Waals surface area contributed by atoms with E-state index in [0.29, 0.717) is 11.4 Å². The number of anilines is 2. The number of rotatable bonds is 5. The number of methoxy groups -OCH3 is 1. The minimum atomic E-state index is -0.563. The molecular weight excluding hydrogens is 362 g/mol. The number of aryl methyl sites for hydroxylation is 1. The summed E-state index contributed by atoms with van der Waals surface area (Å²) in [5.74, 6) is -0.620. The van der Waals surface area contributed by atoms with Crippen molar-refractivity contribution in [3.05, 3.63) is 77.0 Å². The van der Waals surface area contributed by atoms with Crippen LogP contribution < -0.4 is 10.6 Å². The summed E-state index contributed by atoms with van der Waals surface area (Å²) in [6.07, 6.45) is 0. The topological polar surface area (TPSA) is 111 Å². The molecule has 2 aromatic carbocycles. The fraction of sp³-hybridized carbons (Fsp3) is 0.100. The number of carbonyl (C=O) groups excluding carboxylic acids is 3. The van der Waals surface area contributed by atoms with Crippen molar-refractivity contribution in [3.63, 3.8) is 0 Å². The standard InChI is InChI=1S/C20H17N3O5/c1-12-10-17(23-28-12)22-19(25)14-7-5-6-13(11-14)18(24)21-16-9-4-3-8-15(16)20(26)27-2/h3-11H,1-2H3,(H,21,24)(H,22,23,25). The minimum absolute atomic E-state index is 0.230. The monoisotopic (exact) mass is 379 g/mol. The molecule has 1 aromatic heterocycles. The lowest BCUT2D eigenvalue weighted by Gasteiger charge is -2.10. The van der Waals surface area contributed by atoms with Gasteiger partial charge in [-0.1, -0.05) is 23.4 Å². The third-order valence-electron chi connectivity index (χ3n) is 3.84. The first kappa shape index (κ1) is 18.8. The minimum Gasteiger partial charge on any atom is -0.465 e. The first-order valence-electron chi connectivity index (χ1n) is 8.31. The summed E-state index contributed by atoms with van der Waals surface area (Å²) in [5, 5.41) is 8.95. The highest BCUT2D eigenvalue weighted by Crippen LogP contribution is 2.18. The normalized spacial score (nSPS) is 10.2. The smallest absolute Gasteiger partial charge is 0.339 e. The number of benzene rings is 2. The van der Waals surface area contributed by atoms with Crippen LogP contribution in [0.3, 0.4) is 0 Å². The van der Waals surface area contributed by atoms with Gasteiger partial charge >= 0.3 is 5.97 Å². The third kappa shape index (κ3) is 4.24. The number of hydrogen-bond acceptors (Lipinski definition) is 6. The van der Waals surface area contributed by atoms with Gasteiger partial charge in [0, 0.05) is 17.2 Å². The number of carbonyl (C=O) groups is 3. The van der Waals surface area contributed by atoms with E-state index in [0.717, 1.165) is 0 Å². The molecule has 3 aromatic rings. The zero-order chi connectivity index (χ0) is 20.1. The third-order valence-corrected chi connectivity index (χ3v) is 3.84. The van der Waals surface area contributed by atoms with E-state index < -0.39 is 17.8 Å². The highest BCUT2D eigenvalue weighted by atomic mass is 16.5. The molecule has 0 fully saturated rings. The highest BCUT2D eigenvalue weighted by molar-refractivity contribution is 6.10. The zero-order valence-electron chi connectivity index (χ0n) is 15.2. The van der Waals surface area contributed by atoms with Gasteiger partial charge in [-0.15, -0.1) is 0 Å². The first-order valence-corrected chi connectivity index (χ1v) is 8.31. The van der Waals surface area contributed by atoms with Crippen LogP contribution in [0.1, 0.15) is 36.8 Å². The van der Waals surface area contributed by atoms with E-state index in [9.17, 15) is 14.4 Å². The van der Waals surface area contributed by atoms with Crippen molar-refractivity contribution in [3.8, 4) is 0 Å². The Morgan fingerprint density at radius 1 is 0.929 bits per heavy atom. The molecule has 0 saturated heterocycles. The van der Waals surface area contributed by atoms with Gasteiger partial charge in [-0.2, -0.15) is 0 Å². The second-order valence-corrected chi connectivity index (χ2v) is 5.85. The van der Waals surface area contributed by atoms with Gasteiger partial charge in [-0.25, -0.2) is 4.79 Å². The maximum Gasteiger partial charge on any atom is 0.339 e. The maximum absolute atomic E-state index is 12.6. The van der Waals surface area contributed by atoms with E-state index in [2.05, 4.69) is 15.8 Å². The predicted molar refractivity (Wildman–Crippen MR) is 101 cm³/mol. The van der Waals surface area contributed by atoms with E-state index in [1.807, 2.05) is 0 Å². The fourth-order valence-electron chi connectivity index (χ4n) is 2.49. The number of aromatic nitrogens is 1. The number of amides is 2. The molecular formula is C20H17N3O5. The fourth-order valence-corrected chi connectivity index (χ4v) is 2.49. The average molecular weight is 379 g/mol. The molecule has 28 heavy (non-hydrogen) atoms. The van der Waals surface area contributed by atoms with Crippen LogP contribution in [0.4, 0.5) is 11.5 Å². The van der Waals surface area contributed by atoms with Gasteiger partial charge in [0.2, 0.25) is 0 Å². The molecule has 0 aliphatic heterocycles. The molecule has 0 saturated carbocycles. The second-order valence-electron chi connectivity index (χ2n) is 5.85. The molecule has 1 heterocycles. The van der Waals surface area contributed by atoms with E-state index in [1.54, 1.807) is 55.5 Å². The molecule has 8 nitrogen and oxygen atoms in total. The molecule has 2 N–H and O–H groups in total. The SMILES string of the molecule is COC(=O)c1ccccc1NC(=O)c1cccc(C(=O)Nc2cc(C)on2)c1. The van der Waals surface area contributed by atoms with E-state index in [4.69, 9.17) is 9.26 Å². The Kier molecular flexibility index (Phi) is 5.50. The van der Waals surface area contributed by atoms with Crippen LogP contribution in [0.15, 0.2) is 59.1 Å². The van der Waals surface area contributed by atoms with Crippen LogP contribution >= 0.6 is 0 Å². The van der Waals surface area contributed by atoms with Crippen molar-refractivity contribution in [2.75, 3.05) is 17.7 Å². The van der Waals surface area contributed by atoms with Crippen LogP contribution in [0.5, 0.6) is 0 Å². The molecule has 0 radical (unpaired) electrons. The van der Waals surface area contributed by atoms with Crippen LogP contribution in [0.25, 0.3) is 0 Å². The van der Waals surface area contributed by atoms with Crippen molar-refractivity contribution >= 4 is 29.3 Å². The quantitative estimate of drug-likeness (QED) is 0.658. The highest BCUT2D eigenvalue weighted by Gasteiger charge is 2.16. The molecule has 0 aliphatic rings. The Balaban J connectivity index is 1.78. The average Bonchev–Trinajstić information content (AvgIpc) is 3.12. The van der Waals surface area contributed by atoms with Gasteiger partial charge in [0.15, 0.2) is 5.82 Å². The maximum atomic E-state index is 12.6. The van der Waals surface area contributed by atoms with E-state index >= 15 is 0 Å². The lowest BCUT2D eigenvalue weighted by Crippen LogP contribution is -2.17. The van der Waals surface area contributed by atoms with Gasteiger partial charge in [0.25, 0.3) is 11.8 Å². The number of ether oxygens (including phenoxy) is 1. The summed E-state index contributed by atoms with van der Waals surface area (Å²) in [7, 11) is 1.26. The second kappa shape index (κ2) is 8.17. The van der Waals surface area contributed by atoms with Crippen molar-refractivity contribution in [1.29, 1.82) is 0 Å². The number of esters is 1. The lowest BCUT2D eigenvalue weighted by atomic mass is 10.1. The molecule has 142 valence electrons. The molecule has 0 aliphatic carbocycles. The molecule has 0 unspecified atom stereocenters. The van der Waals surface area contributed by atoms with Gasteiger partial charge in [0.05, 0.1) is 18.4 Å². The Hall–Kier alpha value is -3.94. The Morgan fingerprint density at radius 2 is 1.61 bits per heavy atom. The largest absolute Gasteiger partial charge is 0.465 e. The number of nitrogens with one attached hydrogen (secondary N) is 2. The van der Waals surface area contributed by atoms with Gasteiger partial charge in [-0.05, 0) is 37.3 Å². The van der Waals surface area contributed by atoms with Gasteiger partial charge < -0.3 is 19.9 Å². The van der Waals surface area contributed by atoms with Crippen LogP contribution in [0.2, 0.25) is 0 Å². The molecule has 0 bridgehead atoms. The number of nitrogens with zero attached hydrogens (tertiary/aromatic N) is 1. The Bertz CT molecular complexity index is 1040. The van der Waals surface area contributed by atoms with E-state index in [-0.39, 0.29) is 22.5 Å². The van der Waals surface area contributed by atoms with Crippen molar-refractivity contribution in [2.45, 2.75) is 6.92 Å². The number of hydrogen-bond donors (Lipinski definition) is 2. The van der Waals surface area contributed by atoms with Crippen molar-refractivity contribution in [2.24, 2.45) is 0 Å². The Morgan fingerprint density at radius 3 is 2.25 bits per heavy atom. The van der Waals surface area contributed by atoms with E-state index in [1.165, 1.54) is 13.2 Å². The summed E-state index contributed by atoms with van der Waals surface area (Å²) < 4.78 is 9.62. The Labute approximate surface area is 160 Å². The first-order chi connectivity index (χ1) is 13.5. The van der Waals surface area contributed by atoms with Gasteiger partial charge in [-0.3, -0.25) is 9.59 Å². The molecule has 2 amide bonds.